The maximum atomic E-state index is 13.2. The van der Waals surface area contributed by atoms with Crippen LogP contribution in [-0.2, 0) is 11.2 Å². The molecule has 104 valence electrons. The van der Waals surface area contributed by atoms with E-state index in [1.165, 1.54) is 6.07 Å². The van der Waals surface area contributed by atoms with Crippen LogP contribution in [0.4, 0.5) is 8.78 Å². The van der Waals surface area contributed by atoms with Gasteiger partial charge in [-0.15, -0.1) is 0 Å². The lowest BCUT2D eigenvalue weighted by atomic mass is 9.71. The van der Waals surface area contributed by atoms with Gasteiger partial charge in [-0.1, -0.05) is 19.9 Å². The van der Waals surface area contributed by atoms with E-state index in [9.17, 15) is 13.6 Å². The minimum absolute atomic E-state index is 0.110. The number of hydrogen-bond acceptors (Lipinski definition) is 2. The molecule has 0 amide bonds. The molecular formula is C15H19F2NO. The molecule has 1 aromatic carbocycles. The number of carbonyl (C=O) groups excluding carboxylic acids is 1. The Hall–Kier alpha value is -1.29. The largest absolute Gasteiger partial charge is 0.316 e. The Morgan fingerprint density at radius 3 is 2.63 bits per heavy atom. The summed E-state index contributed by atoms with van der Waals surface area (Å²) in [6.07, 6.45) is 0.976. The molecule has 0 saturated carbocycles. The third kappa shape index (κ3) is 2.68. The molecule has 1 saturated heterocycles. The fourth-order valence-electron chi connectivity index (χ4n) is 2.78. The van der Waals surface area contributed by atoms with Crippen LogP contribution in [0.2, 0.25) is 0 Å². The van der Waals surface area contributed by atoms with Crippen molar-refractivity contribution in [2.45, 2.75) is 26.7 Å². The second-order valence-electron chi connectivity index (χ2n) is 5.59. The average molecular weight is 267 g/mol. The van der Waals surface area contributed by atoms with Crippen molar-refractivity contribution in [3.8, 4) is 0 Å². The van der Waals surface area contributed by atoms with Crippen LogP contribution in [0.1, 0.15) is 25.8 Å². The van der Waals surface area contributed by atoms with Gasteiger partial charge in [-0.25, -0.2) is 8.78 Å². The van der Waals surface area contributed by atoms with E-state index in [-0.39, 0.29) is 23.5 Å². The van der Waals surface area contributed by atoms with Crippen LogP contribution in [-0.4, -0.2) is 18.9 Å². The molecule has 4 heteroatoms. The minimum atomic E-state index is -0.895. The molecule has 19 heavy (non-hydrogen) atoms. The molecule has 0 aliphatic carbocycles. The number of carbonyl (C=O) groups is 1. The van der Waals surface area contributed by atoms with Crippen molar-refractivity contribution in [2.75, 3.05) is 13.1 Å². The Kier molecular flexibility index (Phi) is 3.99. The normalized spacial score (nSPS) is 23.0. The van der Waals surface area contributed by atoms with E-state index >= 15 is 0 Å². The maximum Gasteiger partial charge on any atom is 0.159 e. The van der Waals surface area contributed by atoms with Crippen LogP contribution in [0, 0.1) is 23.0 Å². The van der Waals surface area contributed by atoms with Gasteiger partial charge in [0.15, 0.2) is 11.6 Å². The van der Waals surface area contributed by atoms with Gasteiger partial charge in [-0.05, 0) is 36.6 Å². The smallest absolute Gasteiger partial charge is 0.159 e. The first-order chi connectivity index (χ1) is 8.95. The number of Topliss-reactive ketones (excluding diaryl/α,β-unsaturated/α-hetero) is 1. The van der Waals surface area contributed by atoms with Gasteiger partial charge in [0.1, 0.15) is 5.78 Å². The molecule has 0 bridgehead atoms. The topological polar surface area (TPSA) is 29.1 Å². The predicted molar refractivity (Wildman–Crippen MR) is 69.8 cm³/mol. The third-order valence-corrected chi connectivity index (χ3v) is 4.20. The molecule has 1 aliphatic rings. The van der Waals surface area contributed by atoms with Crippen LogP contribution in [0.3, 0.4) is 0 Å². The van der Waals surface area contributed by atoms with Crippen molar-refractivity contribution >= 4 is 5.78 Å². The standard InChI is InChI=1S/C15H19F2NO/c1-10(2)15(5-6-18-9-15)14(19)8-11-3-4-12(16)13(17)7-11/h3-4,7,10,18H,5-6,8-9H2,1-2H3. The zero-order valence-corrected chi connectivity index (χ0v) is 11.3. The van der Waals surface area contributed by atoms with Gasteiger partial charge in [0.2, 0.25) is 0 Å². The molecule has 2 nitrogen and oxygen atoms in total. The summed E-state index contributed by atoms with van der Waals surface area (Å²) in [4.78, 5) is 12.5. The number of ketones is 1. The van der Waals surface area contributed by atoms with Crippen molar-refractivity contribution in [3.63, 3.8) is 0 Å². The third-order valence-electron chi connectivity index (χ3n) is 4.20. The molecule has 1 atom stereocenters. The minimum Gasteiger partial charge on any atom is -0.316 e. The molecule has 1 heterocycles. The molecule has 1 fully saturated rings. The number of halogens is 2. The summed E-state index contributed by atoms with van der Waals surface area (Å²) in [6.45, 7) is 5.58. The van der Waals surface area contributed by atoms with E-state index in [1.54, 1.807) is 0 Å². The molecule has 0 spiro atoms. The monoisotopic (exact) mass is 267 g/mol. The van der Waals surface area contributed by atoms with E-state index in [2.05, 4.69) is 5.32 Å². The molecule has 2 rings (SSSR count). The Bertz CT molecular complexity index is 479. The Morgan fingerprint density at radius 1 is 1.37 bits per heavy atom. The number of rotatable bonds is 4. The van der Waals surface area contributed by atoms with Gasteiger partial charge < -0.3 is 5.32 Å². The fourth-order valence-corrected chi connectivity index (χ4v) is 2.78. The van der Waals surface area contributed by atoms with Crippen molar-refractivity contribution < 1.29 is 13.6 Å². The van der Waals surface area contributed by atoms with Gasteiger partial charge in [-0.3, -0.25) is 4.79 Å². The number of nitrogens with one attached hydrogen (secondary N) is 1. The SMILES string of the molecule is CC(C)C1(C(=O)Cc2ccc(F)c(F)c2)CCNC1. The van der Waals surface area contributed by atoms with Gasteiger partial charge in [-0.2, -0.15) is 0 Å². The first-order valence-corrected chi connectivity index (χ1v) is 6.63. The summed E-state index contributed by atoms with van der Waals surface area (Å²) < 4.78 is 26.0. The van der Waals surface area contributed by atoms with Crippen molar-refractivity contribution in [1.82, 2.24) is 5.32 Å². The summed E-state index contributed by atoms with van der Waals surface area (Å²) >= 11 is 0. The van der Waals surface area contributed by atoms with E-state index in [0.29, 0.717) is 12.1 Å². The second kappa shape index (κ2) is 5.37. The highest BCUT2D eigenvalue weighted by Crippen LogP contribution is 2.36. The predicted octanol–water partition coefficient (Wildman–Crippen LogP) is 2.71. The van der Waals surface area contributed by atoms with E-state index < -0.39 is 11.6 Å². The summed E-state index contributed by atoms with van der Waals surface area (Å²) in [5, 5.41) is 3.23. The number of benzene rings is 1. The lowest BCUT2D eigenvalue weighted by Gasteiger charge is -2.31. The van der Waals surface area contributed by atoms with E-state index in [4.69, 9.17) is 0 Å². The first kappa shape index (κ1) is 14.1. The summed E-state index contributed by atoms with van der Waals surface area (Å²) in [6, 6.07) is 3.67. The highest BCUT2D eigenvalue weighted by atomic mass is 19.2. The van der Waals surface area contributed by atoms with E-state index in [0.717, 1.165) is 25.1 Å². The summed E-state index contributed by atoms with van der Waals surface area (Å²) in [7, 11) is 0. The van der Waals surface area contributed by atoms with Gasteiger partial charge >= 0.3 is 0 Å². The molecule has 1 N–H and O–H groups in total. The van der Waals surface area contributed by atoms with Crippen molar-refractivity contribution in [3.05, 3.63) is 35.4 Å². The fraction of sp³-hybridized carbons (Fsp3) is 0.533. The van der Waals surface area contributed by atoms with Crippen molar-refractivity contribution in [1.29, 1.82) is 0 Å². The molecule has 0 radical (unpaired) electrons. The molecular weight excluding hydrogens is 248 g/mol. The van der Waals surface area contributed by atoms with E-state index in [1.807, 2.05) is 13.8 Å². The average Bonchev–Trinajstić information content (AvgIpc) is 2.84. The number of hydrogen-bond donors (Lipinski definition) is 1. The van der Waals surface area contributed by atoms with Crippen LogP contribution in [0.15, 0.2) is 18.2 Å². The Labute approximate surface area is 112 Å². The quantitative estimate of drug-likeness (QED) is 0.908. The molecule has 1 aromatic rings. The molecule has 0 aromatic heterocycles. The van der Waals surface area contributed by atoms with Gasteiger partial charge in [0.05, 0.1) is 0 Å². The zero-order chi connectivity index (χ0) is 14.0. The lowest BCUT2D eigenvalue weighted by Crippen LogP contribution is -2.39. The van der Waals surface area contributed by atoms with Crippen LogP contribution >= 0.6 is 0 Å². The van der Waals surface area contributed by atoms with Gasteiger partial charge in [0, 0.05) is 18.4 Å². The van der Waals surface area contributed by atoms with Crippen LogP contribution in [0.25, 0.3) is 0 Å². The Morgan fingerprint density at radius 2 is 2.11 bits per heavy atom. The highest BCUT2D eigenvalue weighted by Gasteiger charge is 2.43. The zero-order valence-electron chi connectivity index (χ0n) is 11.3. The lowest BCUT2D eigenvalue weighted by molar-refractivity contribution is -0.129. The van der Waals surface area contributed by atoms with Crippen LogP contribution in [0.5, 0.6) is 0 Å². The summed E-state index contributed by atoms with van der Waals surface area (Å²) in [5.41, 5.74) is 0.168. The molecule has 1 aliphatic heterocycles. The molecule has 1 unspecified atom stereocenters. The highest BCUT2D eigenvalue weighted by molar-refractivity contribution is 5.87. The van der Waals surface area contributed by atoms with Crippen molar-refractivity contribution in [2.24, 2.45) is 11.3 Å². The van der Waals surface area contributed by atoms with Crippen LogP contribution < -0.4 is 5.32 Å². The summed E-state index contributed by atoms with van der Waals surface area (Å²) in [5.74, 6) is -1.43. The Balaban J connectivity index is 2.17. The van der Waals surface area contributed by atoms with Gasteiger partial charge in [0.25, 0.3) is 0 Å². The first-order valence-electron chi connectivity index (χ1n) is 6.63. The maximum absolute atomic E-state index is 13.2. The second-order valence-corrected chi connectivity index (χ2v) is 5.59.